The van der Waals surface area contributed by atoms with E-state index < -0.39 is 0 Å². The van der Waals surface area contributed by atoms with Gasteiger partial charge in [0.25, 0.3) is 0 Å². The maximum atomic E-state index is 6.83. The third-order valence-electron chi connectivity index (χ3n) is 26.2. The van der Waals surface area contributed by atoms with Crippen molar-refractivity contribution in [3.05, 3.63) is 468 Å². The second-order valence-electron chi connectivity index (χ2n) is 33.4. The lowest BCUT2D eigenvalue weighted by atomic mass is 10.00. The van der Waals surface area contributed by atoms with Gasteiger partial charge in [-0.2, -0.15) is 0 Å². The summed E-state index contributed by atoms with van der Waals surface area (Å²) in [6, 6.07) is 159. The van der Waals surface area contributed by atoms with E-state index in [0.717, 1.165) is 151 Å². The number of nitrogens with zero attached hydrogens (tertiary/aromatic N) is 7. The van der Waals surface area contributed by atoms with E-state index in [0.29, 0.717) is 0 Å². The number of benzene rings is 19. The van der Waals surface area contributed by atoms with Crippen LogP contribution in [0.1, 0.15) is 0 Å². The summed E-state index contributed by atoms with van der Waals surface area (Å²) in [5, 5.41) is 15.7. The largest absolute Gasteiger partial charge is 0.455 e. The Labute approximate surface area is 746 Å². The minimum atomic E-state index is 0.850. The molecule has 0 fully saturated rings. The molecule has 1 aliphatic heterocycles. The Morgan fingerprint density at radius 1 is 0.185 bits per heavy atom. The molecule has 0 amide bonds. The zero-order valence-electron chi connectivity index (χ0n) is 70.3. The van der Waals surface area contributed by atoms with Crippen LogP contribution >= 0.6 is 0 Å². The Balaban J connectivity index is 0.000000103. The average molecular weight is 1660 g/mol. The van der Waals surface area contributed by atoms with Gasteiger partial charge in [-0.15, -0.1) is 0 Å². The minimum absolute atomic E-state index is 0.850. The first kappa shape index (κ1) is 73.9. The summed E-state index contributed by atoms with van der Waals surface area (Å²) in [6.45, 7) is 0. The SMILES string of the molecule is c1ccc(-c2cccc3c2oc2c(-c4ccc(-n5c6ccccc6c6c7c(ccc65)ccn7-c5ccccc5)cc4)cccc23)cc1.c1ccc(-c2cccc3c2oc2c(-n4c5ccccc5c5c6c(ccc54)ccn6-c4ccccc4)cccc23)cc1.c1ccc(-n2ccc3ccc4c(c5ccccc5n4-c4cccc(N5c6ccccc6Oc6ccccc65)c4)c32)cc1. The normalized spacial score (nSPS) is 12.0. The van der Waals surface area contributed by atoms with Gasteiger partial charge in [0.15, 0.2) is 17.1 Å². The molecule has 130 heavy (non-hydrogen) atoms. The van der Waals surface area contributed by atoms with Crippen LogP contribution in [0.4, 0.5) is 17.1 Å². The topological polar surface area (TPSA) is 68.3 Å². The van der Waals surface area contributed by atoms with Gasteiger partial charge in [-0.25, -0.2) is 0 Å². The lowest BCUT2D eigenvalue weighted by Gasteiger charge is -2.33. The lowest BCUT2D eigenvalue weighted by molar-refractivity contribution is 0.477. The number of hydrogen-bond donors (Lipinski definition) is 0. The number of hydrogen-bond acceptors (Lipinski definition) is 4. The third kappa shape index (κ3) is 11.7. The van der Waals surface area contributed by atoms with Gasteiger partial charge < -0.3 is 45.9 Å². The first-order chi connectivity index (χ1) is 64.5. The maximum absolute atomic E-state index is 6.83. The van der Waals surface area contributed by atoms with Gasteiger partial charge >= 0.3 is 0 Å². The van der Waals surface area contributed by atoms with Crippen molar-refractivity contribution >= 4 is 159 Å². The highest BCUT2D eigenvalue weighted by atomic mass is 16.5. The van der Waals surface area contributed by atoms with Crippen LogP contribution in [0.25, 0.3) is 210 Å². The van der Waals surface area contributed by atoms with E-state index in [4.69, 9.17) is 13.6 Å². The Hall–Kier alpha value is -17.6. The molecule has 610 valence electrons. The number of furan rings is 2. The van der Waals surface area contributed by atoms with E-state index in [2.05, 4.69) is 463 Å². The van der Waals surface area contributed by atoms with Crippen molar-refractivity contribution in [1.82, 2.24) is 27.4 Å². The fourth-order valence-corrected chi connectivity index (χ4v) is 20.5. The number of fused-ring (bicyclic) bond motifs is 23. The molecule has 28 rings (SSSR count). The lowest BCUT2D eigenvalue weighted by Crippen LogP contribution is -2.15. The van der Waals surface area contributed by atoms with Crippen LogP contribution in [0.5, 0.6) is 11.5 Å². The van der Waals surface area contributed by atoms with Gasteiger partial charge in [0.1, 0.15) is 16.7 Å². The monoisotopic (exact) mass is 1660 g/mol. The molecule has 0 aliphatic carbocycles. The molecule has 0 saturated carbocycles. The number of para-hydroxylation sites is 14. The van der Waals surface area contributed by atoms with E-state index in [-0.39, 0.29) is 0 Å². The van der Waals surface area contributed by atoms with E-state index in [9.17, 15) is 0 Å². The molecule has 1 aliphatic rings. The zero-order valence-corrected chi connectivity index (χ0v) is 70.3. The molecule has 8 aromatic heterocycles. The molecule has 10 heteroatoms. The summed E-state index contributed by atoms with van der Waals surface area (Å²) >= 11 is 0. The van der Waals surface area contributed by atoms with Crippen molar-refractivity contribution in [3.63, 3.8) is 0 Å². The fraction of sp³-hybridized carbons (Fsp3) is 0. The summed E-state index contributed by atoms with van der Waals surface area (Å²) < 4.78 is 33.9. The molecule has 0 saturated heterocycles. The van der Waals surface area contributed by atoms with Crippen LogP contribution in [-0.4, -0.2) is 27.4 Å². The molecular formula is C120H77N7O3. The molecule has 27 aromatic rings. The summed E-state index contributed by atoms with van der Waals surface area (Å²) in [7, 11) is 0. The Bertz CT molecular complexity index is 9100. The standard InChI is InChI=1S/C44H28N2O.C38H25N3O.C38H24N2O/c1-3-11-29(12-4-1)34-16-9-18-36-37-19-10-17-35(44(37)47-43(34)36)30-21-24-33(25-22-30)46-39-20-8-7-15-38(39)41-40(46)26-23-31-27-28-45(42(31)41)32-13-5-2-6-14-32;1-2-11-27(12-3-1)39-24-23-26-21-22-34-37(38(26)39)30-15-4-5-16-31(30)40(34)28-13-10-14-29(25-28)41-32-17-6-8-19-35(32)42-36-20-9-7-18-33(36)41;1-3-11-25(12-4-1)28-16-9-17-29-30-18-10-20-34(38(30)41-37(28)29)40-32-19-8-7-15-31(32)35-33(40)22-21-26-23-24-39(36(26)35)27-13-5-2-6-14-27/h1-28H;1-25H;1-24H. The van der Waals surface area contributed by atoms with Gasteiger partial charge in [-0.1, -0.05) is 297 Å². The van der Waals surface area contributed by atoms with Gasteiger partial charge in [0.05, 0.1) is 66.7 Å². The van der Waals surface area contributed by atoms with E-state index >= 15 is 0 Å². The molecule has 0 atom stereocenters. The molecule has 0 bridgehead atoms. The number of aromatic nitrogens is 6. The number of ether oxygens (including phenoxy) is 1. The maximum Gasteiger partial charge on any atom is 0.159 e. The molecule has 9 heterocycles. The quantitative estimate of drug-likeness (QED) is 0.137. The Morgan fingerprint density at radius 2 is 0.500 bits per heavy atom. The fourth-order valence-electron chi connectivity index (χ4n) is 20.5. The van der Waals surface area contributed by atoms with Crippen LogP contribution in [0.3, 0.4) is 0 Å². The van der Waals surface area contributed by atoms with Crippen molar-refractivity contribution in [2.75, 3.05) is 4.90 Å². The first-order valence-electron chi connectivity index (χ1n) is 44.2. The van der Waals surface area contributed by atoms with Crippen molar-refractivity contribution < 1.29 is 13.6 Å². The highest BCUT2D eigenvalue weighted by Crippen LogP contribution is 2.52. The second-order valence-corrected chi connectivity index (χ2v) is 33.4. The third-order valence-corrected chi connectivity index (χ3v) is 26.2. The summed E-state index contributed by atoms with van der Waals surface area (Å²) in [5.41, 5.74) is 31.0. The number of rotatable bonds is 10. The van der Waals surface area contributed by atoms with Crippen LogP contribution in [0, 0.1) is 0 Å². The summed E-state index contributed by atoms with van der Waals surface area (Å²) in [4.78, 5) is 2.30. The van der Waals surface area contributed by atoms with Crippen LogP contribution in [-0.2, 0) is 0 Å². The molecule has 0 N–H and O–H groups in total. The van der Waals surface area contributed by atoms with Crippen LogP contribution in [0.2, 0.25) is 0 Å². The van der Waals surface area contributed by atoms with Crippen LogP contribution in [0.15, 0.2) is 476 Å². The zero-order chi connectivity index (χ0) is 85.4. The summed E-state index contributed by atoms with van der Waals surface area (Å²) in [5.74, 6) is 1.70. The predicted octanol–water partition coefficient (Wildman–Crippen LogP) is 32.6. The molecule has 19 aromatic carbocycles. The molecule has 0 unspecified atom stereocenters. The van der Waals surface area contributed by atoms with Crippen molar-refractivity contribution in [1.29, 1.82) is 0 Å². The smallest absolute Gasteiger partial charge is 0.159 e. The molecule has 0 radical (unpaired) electrons. The Kier molecular flexibility index (Phi) is 17.1. The van der Waals surface area contributed by atoms with Gasteiger partial charge in [-0.05, 0) is 168 Å². The van der Waals surface area contributed by atoms with Gasteiger partial charge in [0, 0.05) is 139 Å². The molecule has 10 nitrogen and oxygen atoms in total. The minimum Gasteiger partial charge on any atom is -0.455 e. The average Bonchev–Trinajstić information content (AvgIpc) is 1.56. The van der Waals surface area contributed by atoms with Crippen LogP contribution < -0.4 is 9.64 Å². The highest BCUT2D eigenvalue weighted by Gasteiger charge is 2.29. The molecular weight excluding hydrogens is 1590 g/mol. The van der Waals surface area contributed by atoms with Crippen molar-refractivity contribution in [3.8, 4) is 79.0 Å². The molecule has 0 spiro atoms. The predicted molar refractivity (Wildman–Crippen MR) is 538 cm³/mol. The van der Waals surface area contributed by atoms with E-state index in [1.165, 1.54) is 87.1 Å². The first-order valence-corrected chi connectivity index (χ1v) is 44.2. The van der Waals surface area contributed by atoms with Crippen molar-refractivity contribution in [2.45, 2.75) is 0 Å². The van der Waals surface area contributed by atoms with E-state index in [1.807, 2.05) is 36.4 Å². The van der Waals surface area contributed by atoms with Gasteiger partial charge in [-0.3, -0.25) is 0 Å². The van der Waals surface area contributed by atoms with E-state index in [1.54, 1.807) is 0 Å². The number of anilines is 3. The second kappa shape index (κ2) is 30.1. The summed E-state index contributed by atoms with van der Waals surface area (Å²) in [6.07, 6.45) is 6.54. The Morgan fingerprint density at radius 3 is 0.946 bits per heavy atom. The van der Waals surface area contributed by atoms with Crippen molar-refractivity contribution in [2.24, 2.45) is 0 Å². The highest BCUT2D eigenvalue weighted by molar-refractivity contribution is 6.25. The van der Waals surface area contributed by atoms with Gasteiger partial charge in [0.2, 0.25) is 0 Å².